The van der Waals surface area contributed by atoms with Crippen molar-refractivity contribution in [2.45, 2.75) is 51.1 Å². The number of halogens is 3. The second-order valence-electron chi connectivity index (χ2n) is 6.58. The molecule has 3 nitrogen and oxygen atoms in total. The SMILES string of the molecule is CC1(C)CN(CCOC(F)(F)F)C(C)(C2CC2)CN1. The van der Waals surface area contributed by atoms with Crippen LogP contribution >= 0.6 is 0 Å². The Bertz CT molecular complexity index is 328. The van der Waals surface area contributed by atoms with Gasteiger partial charge in [-0.2, -0.15) is 0 Å². The highest BCUT2D eigenvalue weighted by molar-refractivity contribution is 5.06. The molecular formula is C13H23F3N2O. The number of ether oxygens (including phenoxy) is 1. The summed E-state index contributed by atoms with van der Waals surface area (Å²) in [6.07, 6.45) is -2.18. The van der Waals surface area contributed by atoms with Crippen LogP contribution in [0.1, 0.15) is 33.6 Å². The first-order chi connectivity index (χ1) is 8.62. The molecule has 1 atom stereocenters. The van der Waals surface area contributed by atoms with E-state index in [2.05, 4.69) is 35.7 Å². The summed E-state index contributed by atoms with van der Waals surface area (Å²) in [4.78, 5) is 2.17. The predicted octanol–water partition coefficient (Wildman–Crippen LogP) is 2.38. The summed E-state index contributed by atoms with van der Waals surface area (Å²) in [5.74, 6) is 0.599. The fourth-order valence-electron chi connectivity index (χ4n) is 2.96. The topological polar surface area (TPSA) is 24.5 Å². The van der Waals surface area contributed by atoms with Crippen LogP contribution in [-0.4, -0.2) is 48.6 Å². The summed E-state index contributed by atoms with van der Waals surface area (Å²) >= 11 is 0. The minimum atomic E-state index is -4.53. The average molecular weight is 280 g/mol. The fourth-order valence-corrected chi connectivity index (χ4v) is 2.96. The predicted molar refractivity (Wildman–Crippen MR) is 66.8 cm³/mol. The van der Waals surface area contributed by atoms with E-state index in [0.717, 1.165) is 13.1 Å². The fraction of sp³-hybridized carbons (Fsp3) is 1.00. The quantitative estimate of drug-likeness (QED) is 0.855. The molecule has 0 spiro atoms. The zero-order chi connectivity index (χ0) is 14.3. The van der Waals surface area contributed by atoms with Crippen molar-refractivity contribution in [1.29, 1.82) is 0 Å². The third-order valence-electron chi connectivity index (χ3n) is 4.32. The Kier molecular flexibility index (Phi) is 3.88. The number of piperazine rings is 1. The van der Waals surface area contributed by atoms with E-state index in [-0.39, 0.29) is 17.7 Å². The molecule has 0 aromatic rings. The first kappa shape index (κ1) is 15.1. The highest BCUT2D eigenvalue weighted by Gasteiger charge is 2.49. The molecule has 0 aromatic heterocycles. The van der Waals surface area contributed by atoms with Crippen molar-refractivity contribution in [2.24, 2.45) is 5.92 Å². The molecule has 1 heterocycles. The molecule has 2 aliphatic rings. The van der Waals surface area contributed by atoms with Crippen LogP contribution in [0.15, 0.2) is 0 Å². The summed E-state index contributed by atoms with van der Waals surface area (Å²) in [6, 6.07) is 0. The number of nitrogens with zero attached hydrogens (tertiary/aromatic N) is 1. The maximum atomic E-state index is 12.1. The van der Waals surface area contributed by atoms with E-state index in [1.165, 1.54) is 12.8 Å². The normalized spacial score (nSPS) is 32.5. The van der Waals surface area contributed by atoms with Crippen LogP contribution in [0.2, 0.25) is 0 Å². The van der Waals surface area contributed by atoms with Gasteiger partial charge in [0.25, 0.3) is 0 Å². The second kappa shape index (κ2) is 4.90. The lowest BCUT2D eigenvalue weighted by molar-refractivity contribution is -0.325. The summed E-state index contributed by atoms with van der Waals surface area (Å²) in [5, 5.41) is 3.50. The molecule has 1 saturated heterocycles. The number of rotatable bonds is 4. The van der Waals surface area contributed by atoms with Gasteiger partial charge in [-0.05, 0) is 39.5 Å². The van der Waals surface area contributed by atoms with E-state index in [4.69, 9.17) is 0 Å². The molecule has 0 aromatic carbocycles. The zero-order valence-corrected chi connectivity index (χ0v) is 11.8. The lowest BCUT2D eigenvalue weighted by Crippen LogP contribution is -2.68. The maximum Gasteiger partial charge on any atom is 0.522 e. The third-order valence-corrected chi connectivity index (χ3v) is 4.32. The van der Waals surface area contributed by atoms with Gasteiger partial charge in [-0.25, -0.2) is 0 Å². The number of hydrogen-bond donors (Lipinski definition) is 1. The van der Waals surface area contributed by atoms with Gasteiger partial charge in [-0.15, -0.1) is 13.2 Å². The first-order valence-electron chi connectivity index (χ1n) is 6.83. The Morgan fingerprint density at radius 3 is 2.42 bits per heavy atom. The molecule has 1 saturated carbocycles. The van der Waals surface area contributed by atoms with Crippen molar-refractivity contribution < 1.29 is 17.9 Å². The van der Waals surface area contributed by atoms with Gasteiger partial charge in [0.2, 0.25) is 0 Å². The molecule has 0 radical (unpaired) electrons. The minimum absolute atomic E-state index is 0.0372. The number of nitrogens with one attached hydrogen (secondary N) is 1. The molecule has 1 N–H and O–H groups in total. The Hall–Kier alpha value is -0.330. The van der Waals surface area contributed by atoms with Crippen LogP contribution in [0, 0.1) is 5.92 Å². The largest absolute Gasteiger partial charge is 0.522 e. The molecule has 1 unspecified atom stereocenters. The highest BCUT2D eigenvalue weighted by atomic mass is 19.4. The minimum Gasteiger partial charge on any atom is -0.309 e. The molecule has 112 valence electrons. The van der Waals surface area contributed by atoms with Gasteiger partial charge in [0.05, 0.1) is 6.61 Å². The van der Waals surface area contributed by atoms with Gasteiger partial charge < -0.3 is 5.32 Å². The van der Waals surface area contributed by atoms with Gasteiger partial charge >= 0.3 is 6.36 Å². The molecule has 2 rings (SSSR count). The number of hydrogen-bond acceptors (Lipinski definition) is 3. The second-order valence-corrected chi connectivity index (χ2v) is 6.58. The van der Waals surface area contributed by atoms with Crippen LogP contribution in [0.4, 0.5) is 13.2 Å². The summed E-state index contributed by atoms with van der Waals surface area (Å²) in [7, 11) is 0. The Labute approximate surface area is 112 Å². The molecular weight excluding hydrogens is 257 g/mol. The van der Waals surface area contributed by atoms with Crippen molar-refractivity contribution in [1.82, 2.24) is 10.2 Å². The van der Waals surface area contributed by atoms with Gasteiger partial charge in [-0.1, -0.05) is 0 Å². The van der Waals surface area contributed by atoms with Crippen LogP contribution in [-0.2, 0) is 4.74 Å². The van der Waals surface area contributed by atoms with E-state index in [1.807, 2.05) is 0 Å². The lowest BCUT2D eigenvalue weighted by Gasteiger charge is -2.51. The summed E-state index contributed by atoms with van der Waals surface area (Å²) in [6.45, 7) is 7.94. The molecule has 19 heavy (non-hydrogen) atoms. The molecule has 0 bridgehead atoms. The van der Waals surface area contributed by atoms with Crippen molar-refractivity contribution in [2.75, 3.05) is 26.2 Å². The van der Waals surface area contributed by atoms with Crippen molar-refractivity contribution in [3.8, 4) is 0 Å². The first-order valence-corrected chi connectivity index (χ1v) is 6.83. The average Bonchev–Trinajstić information content (AvgIpc) is 3.05. The van der Waals surface area contributed by atoms with Crippen LogP contribution < -0.4 is 5.32 Å². The van der Waals surface area contributed by atoms with Crippen molar-refractivity contribution in [3.63, 3.8) is 0 Å². The molecule has 6 heteroatoms. The molecule has 1 aliphatic carbocycles. The molecule has 2 fully saturated rings. The molecule has 0 amide bonds. The van der Waals surface area contributed by atoms with Crippen LogP contribution in [0.3, 0.4) is 0 Å². The van der Waals surface area contributed by atoms with E-state index in [0.29, 0.717) is 12.5 Å². The number of alkyl halides is 3. The van der Waals surface area contributed by atoms with Gasteiger partial charge in [0.15, 0.2) is 0 Å². The van der Waals surface area contributed by atoms with Gasteiger partial charge in [0, 0.05) is 30.7 Å². The smallest absolute Gasteiger partial charge is 0.309 e. The third kappa shape index (κ3) is 3.83. The zero-order valence-electron chi connectivity index (χ0n) is 11.8. The summed E-state index contributed by atoms with van der Waals surface area (Å²) < 4.78 is 40.1. The maximum absolute atomic E-state index is 12.1. The van der Waals surface area contributed by atoms with E-state index >= 15 is 0 Å². The van der Waals surface area contributed by atoms with Crippen LogP contribution in [0.5, 0.6) is 0 Å². The van der Waals surface area contributed by atoms with E-state index in [1.54, 1.807) is 0 Å². The van der Waals surface area contributed by atoms with E-state index < -0.39 is 6.36 Å². The summed E-state index contributed by atoms with van der Waals surface area (Å²) in [5.41, 5.74) is -0.100. The highest BCUT2D eigenvalue weighted by Crippen LogP contribution is 2.44. The monoisotopic (exact) mass is 280 g/mol. The lowest BCUT2D eigenvalue weighted by atomic mass is 9.86. The van der Waals surface area contributed by atoms with Crippen molar-refractivity contribution in [3.05, 3.63) is 0 Å². The standard InChI is InChI=1S/C13H23F3N2O/c1-11(2)9-18(6-7-19-13(14,15)16)12(3,8-17-11)10-4-5-10/h10,17H,4-9H2,1-3H3. The van der Waals surface area contributed by atoms with E-state index in [9.17, 15) is 13.2 Å². The Morgan fingerprint density at radius 1 is 1.26 bits per heavy atom. The van der Waals surface area contributed by atoms with Gasteiger partial charge in [-0.3, -0.25) is 9.64 Å². The Morgan fingerprint density at radius 2 is 1.89 bits per heavy atom. The van der Waals surface area contributed by atoms with Crippen LogP contribution in [0.25, 0.3) is 0 Å². The Balaban J connectivity index is 1.96. The van der Waals surface area contributed by atoms with Gasteiger partial charge in [0.1, 0.15) is 0 Å². The van der Waals surface area contributed by atoms with Crippen molar-refractivity contribution >= 4 is 0 Å². The molecule has 1 aliphatic heterocycles.